The third-order valence-electron chi connectivity index (χ3n) is 0.470. The highest BCUT2D eigenvalue weighted by molar-refractivity contribution is 5.72. The Bertz CT molecular complexity index is 83.0. The number of hydrogen-bond donors (Lipinski definition) is 2. The van der Waals surface area contributed by atoms with Gasteiger partial charge in [0.1, 0.15) is 0 Å². The van der Waals surface area contributed by atoms with Crippen molar-refractivity contribution in [3.63, 3.8) is 0 Å². The van der Waals surface area contributed by atoms with Crippen LogP contribution in [0.1, 0.15) is 6.92 Å². The van der Waals surface area contributed by atoms with E-state index in [1.807, 2.05) is 0 Å². The largest absolute Gasteiger partial charge is 0.362 e. The lowest BCUT2D eigenvalue weighted by Crippen LogP contribution is -2.11. The van der Waals surface area contributed by atoms with Crippen LogP contribution in [0.25, 0.3) is 0 Å². The Morgan fingerprint density at radius 1 is 1.44 bits per heavy atom. The van der Waals surface area contributed by atoms with Crippen LogP contribution >= 0.6 is 0 Å². The van der Waals surface area contributed by atoms with Crippen molar-refractivity contribution in [3.05, 3.63) is 0 Å². The molecule has 0 unspecified atom stereocenters. The first kappa shape index (κ1) is 10.8. The molecule has 2 amide bonds. The van der Waals surface area contributed by atoms with Crippen LogP contribution in [0.2, 0.25) is 0 Å². The maximum Gasteiger partial charge on any atom is 0.216 e. The fraction of sp³-hybridized carbons (Fsp3) is 0.600. The summed E-state index contributed by atoms with van der Waals surface area (Å²) in [4.78, 5) is 18.8. The summed E-state index contributed by atoms with van der Waals surface area (Å²) in [5, 5.41) is 4.64. The van der Waals surface area contributed by atoms with Crippen LogP contribution in [0.5, 0.6) is 0 Å². The minimum Gasteiger partial charge on any atom is -0.362 e. The first-order chi connectivity index (χ1) is 4.18. The topological polar surface area (TPSA) is 58.2 Å². The Morgan fingerprint density at radius 2 is 1.67 bits per heavy atom. The van der Waals surface area contributed by atoms with Crippen LogP contribution in [-0.4, -0.2) is 26.4 Å². The summed E-state index contributed by atoms with van der Waals surface area (Å²) in [7, 11) is 3.16. The molecule has 9 heavy (non-hydrogen) atoms. The van der Waals surface area contributed by atoms with Crippen molar-refractivity contribution in [2.75, 3.05) is 14.1 Å². The van der Waals surface area contributed by atoms with Gasteiger partial charge in [-0.3, -0.25) is 9.59 Å². The smallest absolute Gasteiger partial charge is 0.216 e. The Kier molecular flexibility index (Phi) is 12.1. The Balaban J connectivity index is 0. The molecule has 54 valence electrons. The summed E-state index contributed by atoms with van der Waals surface area (Å²) in [5.74, 6) is 0.00463. The minimum absolute atomic E-state index is 0.00463. The van der Waals surface area contributed by atoms with E-state index in [2.05, 4.69) is 10.6 Å². The number of carbonyl (C=O) groups excluding carboxylic acids is 2. The molecule has 0 aliphatic heterocycles. The molecule has 0 aromatic heterocycles. The van der Waals surface area contributed by atoms with Gasteiger partial charge in [0.2, 0.25) is 12.3 Å². The van der Waals surface area contributed by atoms with E-state index >= 15 is 0 Å². The lowest BCUT2D eigenvalue weighted by atomic mass is 10.7. The van der Waals surface area contributed by atoms with Crippen molar-refractivity contribution in [1.82, 2.24) is 10.6 Å². The van der Waals surface area contributed by atoms with E-state index in [1.54, 1.807) is 14.1 Å². The van der Waals surface area contributed by atoms with Crippen molar-refractivity contribution in [2.24, 2.45) is 0 Å². The second kappa shape index (κ2) is 10.0. The molecule has 2 N–H and O–H groups in total. The molecule has 0 saturated carbocycles. The first-order valence-corrected chi connectivity index (χ1v) is 2.48. The monoisotopic (exact) mass is 132 g/mol. The Labute approximate surface area is 54.6 Å². The molecule has 0 aliphatic rings. The first-order valence-electron chi connectivity index (χ1n) is 2.48. The van der Waals surface area contributed by atoms with Gasteiger partial charge in [-0.1, -0.05) is 0 Å². The van der Waals surface area contributed by atoms with E-state index in [0.717, 1.165) is 0 Å². The van der Waals surface area contributed by atoms with Gasteiger partial charge < -0.3 is 10.6 Å². The standard InChI is InChI=1S/C3H7NO.C2H5NO/c1-3(5)4-2;1-3-2-4/h1-2H3,(H,4,5);2H,1H3,(H,3,4). The molecule has 0 aliphatic carbocycles. The number of nitrogens with one attached hydrogen (secondary N) is 2. The zero-order chi connectivity index (χ0) is 7.70. The zero-order valence-electron chi connectivity index (χ0n) is 5.89. The average Bonchev–Trinajstić information content (AvgIpc) is 1.89. The van der Waals surface area contributed by atoms with E-state index < -0.39 is 0 Å². The van der Waals surface area contributed by atoms with E-state index in [9.17, 15) is 4.79 Å². The Hall–Kier alpha value is -1.06. The zero-order valence-corrected chi connectivity index (χ0v) is 5.89. The molecule has 0 aromatic rings. The quantitative estimate of drug-likeness (QED) is 0.455. The molecule has 0 fully saturated rings. The molecule has 4 nitrogen and oxygen atoms in total. The highest BCUT2D eigenvalue weighted by Crippen LogP contribution is 1.45. The van der Waals surface area contributed by atoms with Crippen LogP contribution in [0.4, 0.5) is 0 Å². The maximum absolute atomic E-state index is 9.70. The highest BCUT2D eigenvalue weighted by Gasteiger charge is 1.72. The van der Waals surface area contributed by atoms with Crippen LogP contribution in [0.3, 0.4) is 0 Å². The fourth-order valence-electron chi connectivity index (χ4n) is 0. The molecule has 0 bridgehead atoms. The number of rotatable bonds is 1. The van der Waals surface area contributed by atoms with E-state index in [4.69, 9.17) is 4.79 Å². The molecular formula is C5H12N2O2. The molecule has 0 rings (SSSR count). The second-order valence-corrected chi connectivity index (χ2v) is 1.21. The van der Waals surface area contributed by atoms with Crippen LogP contribution in [-0.2, 0) is 9.59 Å². The van der Waals surface area contributed by atoms with Gasteiger partial charge in [0, 0.05) is 21.0 Å². The summed E-state index contributed by atoms with van der Waals surface area (Å²) in [5.41, 5.74) is 0. The third-order valence-corrected chi connectivity index (χ3v) is 0.470. The maximum atomic E-state index is 9.70. The van der Waals surface area contributed by atoms with Crippen molar-refractivity contribution >= 4 is 12.3 Å². The van der Waals surface area contributed by atoms with E-state index in [1.165, 1.54) is 6.92 Å². The van der Waals surface area contributed by atoms with Crippen LogP contribution < -0.4 is 10.6 Å². The highest BCUT2D eigenvalue weighted by atomic mass is 16.1. The normalized spacial score (nSPS) is 6.11. The SMILES string of the molecule is CNC(C)=O.CNC=O. The predicted octanol–water partition coefficient (Wildman–Crippen LogP) is -0.886. The molecular weight excluding hydrogens is 120 g/mol. The van der Waals surface area contributed by atoms with E-state index in [0.29, 0.717) is 6.41 Å². The molecule has 0 spiro atoms. The fourth-order valence-corrected chi connectivity index (χ4v) is 0. The predicted molar refractivity (Wildman–Crippen MR) is 34.9 cm³/mol. The number of carbonyl (C=O) groups is 2. The van der Waals surface area contributed by atoms with Gasteiger partial charge in [-0.2, -0.15) is 0 Å². The van der Waals surface area contributed by atoms with Gasteiger partial charge in [-0.05, 0) is 0 Å². The van der Waals surface area contributed by atoms with Crippen LogP contribution in [0, 0.1) is 0 Å². The summed E-state index contributed by atoms with van der Waals surface area (Å²) >= 11 is 0. The number of amides is 2. The average molecular weight is 132 g/mol. The molecule has 0 heterocycles. The third kappa shape index (κ3) is 45.0. The second-order valence-electron chi connectivity index (χ2n) is 1.21. The van der Waals surface area contributed by atoms with Crippen molar-refractivity contribution in [3.8, 4) is 0 Å². The molecule has 0 aromatic carbocycles. The van der Waals surface area contributed by atoms with Gasteiger partial charge in [0.05, 0.1) is 0 Å². The van der Waals surface area contributed by atoms with Gasteiger partial charge in [-0.15, -0.1) is 0 Å². The summed E-state index contributed by atoms with van der Waals surface area (Å²) in [6, 6.07) is 0. The summed E-state index contributed by atoms with van der Waals surface area (Å²) in [6.45, 7) is 1.47. The lowest BCUT2D eigenvalue weighted by Gasteiger charge is -1.80. The molecule has 0 atom stereocenters. The molecule has 0 saturated heterocycles. The van der Waals surface area contributed by atoms with Gasteiger partial charge >= 0.3 is 0 Å². The van der Waals surface area contributed by atoms with Crippen molar-refractivity contribution < 1.29 is 9.59 Å². The summed E-state index contributed by atoms with van der Waals surface area (Å²) < 4.78 is 0. The summed E-state index contributed by atoms with van der Waals surface area (Å²) in [6.07, 6.45) is 0.625. The minimum atomic E-state index is 0.00463. The van der Waals surface area contributed by atoms with Crippen molar-refractivity contribution in [2.45, 2.75) is 6.92 Å². The van der Waals surface area contributed by atoms with Gasteiger partial charge in [-0.25, -0.2) is 0 Å². The van der Waals surface area contributed by atoms with Crippen LogP contribution in [0.15, 0.2) is 0 Å². The van der Waals surface area contributed by atoms with Gasteiger partial charge in [0.15, 0.2) is 0 Å². The lowest BCUT2D eigenvalue weighted by molar-refractivity contribution is -0.118. The van der Waals surface area contributed by atoms with E-state index in [-0.39, 0.29) is 5.91 Å². The van der Waals surface area contributed by atoms with Gasteiger partial charge in [0.25, 0.3) is 0 Å². The van der Waals surface area contributed by atoms with Crippen molar-refractivity contribution in [1.29, 1.82) is 0 Å². The molecule has 0 radical (unpaired) electrons. The Morgan fingerprint density at radius 3 is 1.67 bits per heavy atom. The molecule has 4 heteroatoms. The number of hydrogen-bond acceptors (Lipinski definition) is 2.